The van der Waals surface area contributed by atoms with Gasteiger partial charge < -0.3 is 9.47 Å². The summed E-state index contributed by atoms with van der Waals surface area (Å²) in [6.07, 6.45) is 0. The fraction of sp³-hybridized carbons (Fsp3) is 0.429. The van der Waals surface area contributed by atoms with Gasteiger partial charge in [-0.25, -0.2) is 9.98 Å². The molecule has 0 amide bonds. The molecule has 0 aliphatic carbocycles. The van der Waals surface area contributed by atoms with E-state index in [1.165, 1.54) is 0 Å². The highest BCUT2D eigenvalue weighted by Crippen LogP contribution is 2.23. The van der Waals surface area contributed by atoms with E-state index in [9.17, 15) is 0 Å². The normalized spacial score (nSPS) is 18.9. The molecule has 4 heteroatoms. The van der Waals surface area contributed by atoms with Crippen LogP contribution < -0.4 is 0 Å². The van der Waals surface area contributed by atoms with Gasteiger partial charge in [0.1, 0.15) is 6.54 Å². The van der Waals surface area contributed by atoms with Gasteiger partial charge >= 0.3 is 0 Å². The Labute approximate surface area is 107 Å². The Morgan fingerprint density at radius 1 is 1.11 bits per heavy atom. The quantitative estimate of drug-likeness (QED) is 0.822. The lowest BCUT2D eigenvalue weighted by Gasteiger charge is -2.21. The largest absolute Gasteiger partial charge is 0.480 e. The van der Waals surface area contributed by atoms with Crippen LogP contribution in [0.25, 0.3) is 0 Å². The molecule has 1 heterocycles. The Morgan fingerprint density at radius 3 is 2.50 bits per heavy atom. The van der Waals surface area contributed by atoms with Gasteiger partial charge in [0.25, 0.3) is 0 Å². The van der Waals surface area contributed by atoms with E-state index < -0.39 is 0 Å². The van der Waals surface area contributed by atoms with Crippen LogP contribution in [0.1, 0.15) is 25.5 Å². The Hall–Kier alpha value is -1.84. The van der Waals surface area contributed by atoms with Gasteiger partial charge in [0.05, 0.1) is 13.2 Å². The molecule has 1 aliphatic rings. The zero-order valence-electron chi connectivity index (χ0n) is 10.8. The van der Waals surface area contributed by atoms with E-state index in [1.54, 1.807) is 0 Å². The maximum absolute atomic E-state index is 5.56. The van der Waals surface area contributed by atoms with Crippen LogP contribution in [-0.4, -0.2) is 31.6 Å². The van der Waals surface area contributed by atoms with Crippen molar-refractivity contribution in [3.63, 3.8) is 0 Å². The highest BCUT2D eigenvalue weighted by atomic mass is 16.5. The summed E-state index contributed by atoms with van der Waals surface area (Å²) in [4.78, 5) is 9.00. The molecule has 1 atom stereocenters. The van der Waals surface area contributed by atoms with Gasteiger partial charge in [-0.15, -0.1) is 0 Å². The molecular weight excluding hydrogens is 228 g/mol. The fourth-order valence-electron chi connectivity index (χ4n) is 1.85. The summed E-state index contributed by atoms with van der Waals surface area (Å²) >= 11 is 0. The van der Waals surface area contributed by atoms with Crippen molar-refractivity contribution < 1.29 is 9.47 Å². The second kappa shape index (κ2) is 6.19. The molecule has 0 aromatic heterocycles. The number of aliphatic imine (C=N–C) groups is 2. The van der Waals surface area contributed by atoms with Crippen molar-refractivity contribution in [3.05, 3.63) is 35.9 Å². The van der Waals surface area contributed by atoms with Gasteiger partial charge in [0, 0.05) is 0 Å². The van der Waals surface area contributed by atoms with Gasteiger partial charge in [-0.3, -0.25) is 0 Å². The van der Waals surface area contributed by atoms with Crippen molar-refractivity contribution in [2.45, 2.75) is 19.9 Å². The standard InChI is InChI=1S/C14H18N2O2/c1-3-17-12-10-15-14(18-4-2)13(16-12)11-8-6-5-7-9-11/h5-9,13H,3-4,10H2,1-2H3/t13-/m0/s1. The van der Waals surface area contributed by atoms with Crippen molar-refractivity contribution in [3.8, 4) is 0 Å². The molecule has 0 N–H and O–H groups in total. The van der Waals surface area contributed by atoms with Crippen molar-refractivity contribution in [2.24, 2.45) is 9.98 Å². The lowest BCUT2D eigenvalue weighted by molar-refractivity contribution is 0.294. The summed E-state index contributed by atoms with van der Waals surface area (Å²) in [7, 11) is 0. The second-order valence-corrected chi connectivity index (χ2v) is 3.86. The van der Waals surface area contributed by atoms with Crippen LogP contribution in [0.2, 0.25) is 0 Å². The minimum atomic E-state index is -0.179. The molecule has 1 aromatic carbocycles. The Bertz CT molecular complexity index is 440. The molecule has 0 fully saturated rings. The Balaban J connectivity index is 2.25. The number of ether oxygens (including phenoxy) is 2. The zero-order chi connectivity index (χ0) is 12.8. The molecule has 96 valence electrons. The molecule has 0 radical (unpaired) electrons. The average molecular weight is 246 g/mol. The topological polar surface area (TPSA) is 43.2 Å². The first-order valence-corrected chi connectivity index (χ1v) is 6.26. The van der Waals surface area contributed by atoms with Crippen LogP contribution in [0, 0.1) is 0 Å². The van der Waals surface area contributed by atoms with E-state index in [2.05, 4.69) is 9.98 Å². The van der Waals surface area contributed by atoms with E-state index in [0.29, 0.717) is 31.6 Å². The highest BCUT2D eigenvalue weighted by molar-refractivity contribution is 5.92. The maximum Gasteiger partial charge on any atom is 0.214 e. The Morgan fingerprint density at radius 2 is 1.83 bits per heavy atom. The zero-order valence-corrected chi connectivity index (χ0v) is 10.8. The van der Waals surface area contributed by atoms with Crippen molar-refractivity contribution in [1.82, 2.24) is 0 Å². The summed E-state index contributed by atoms with van der Waals surface area (Å²) in [5.74, 6) is 1.35. The van der Waals surface area contributed by atoms with Gasteiger partial charge in [-0.1, -0.05) is 30.3 Å². The third-order valence-corrected chi connectivity index (χ3v) is 2.60. The predicted molar refractivity (Wildman–Crippen MR) is 72.2 cm³/mol. The first-order chi connectivity index (χ1) is 8.85. The van der Waals surface area contributed by atoms with Crippen molar-refractivity contribution in [2.75, 3.05) is 19.8 Å². The van der Waals surface area contributed by atoms with E-state index in [0.717, 1.165) is 5.56 Å². The number of hydrogen-bond acceptors (Lipinski definition) is 4. The van der Waals surface area contributed by atoms with Gasteiger partial charge in [0.15, 0.2) is 6.04 Å². The highest BCUT2D eigenvalue weighted by Gasteiger charge is 2.23. The predicted octanol–water partition coefficient (Wildman–Crippen LogP) is 2.61. The number of hydrogen-bond donors (Lipinski definition) is 0. The van der Waals surface area contributed by atoms with Crippen LogP contribution in [0.4, 0.5) is 0 Å². The van der Waals surface area contributed by atoms with Gasteiger partial charge in [-0.2, -0.15) is 0 Å². The van der Waals surface area contributed by atoms with Crippen LogP contribution >= 0.6 is 0 Å². The van der Waals surface area contributed by atoms with Crippen LogP contribution in [0.5, 0.6) is 0 Å². The molecule has 0 saturated heterocycles. The number of rotatable bonds is 3. The lowest BCUT2D eigenvalue weighted by atomic mass is 10.1. The van der Waals surface area contributed by atoms with E-state index in [1.807, 2.05) is 44.2 Å². The summed E-state index contributed by atoms with van der Waals surface area (Å²) in [6.45, 7) is 5.57. The molecule has 4 nitrogen and oxygen atoms in total. The van der Waals surface area contributed by atoms with Gasteiger partial charge in [-0.05, 0) is 19.4 Å². The maximum atomic E-state index is 5.56. The van der Waals surface area contributed by atoms with Gasteiger partial charge in [0.2, 0.25) is 11.8 Å². The first-order valence-electron chi connectivity index (χ1n) is 6.26. The third-order valence-electron chi connectivity index (χ3n) is 2.60. The molecule has 0 unspecified atom stereocenters. The summed E-state index contributed by atoms with van der Waals surface area (Å²) in [5.41, 5.74) is 1.07. The van der Waals surface area contributed by atoms with E-state index in [4.69, 9.17) is 9.47 Å². The first kappa shape index (κ1) is 12.6. The minimum Gasteiger partial charge on any atom is -0.480 e. The number of nitrogens with zero attached hydrogens (tertiary/aromatic N) is 2. The summed E-state index contributed by atoms with van der Waals surface area (Å²) in [5, 5.41) is 0. The molecular formula is C14H18N2O2. The van der Waals surface area contributed by atoms with Crippen molar-refractivity contribution in [1.29, 1.82) is 0 Å². The summed E-state index contributed by atoms with van der Waals surface area (Å²) < 4.78 is 11.0. The summed E-state index contributed by atoms with van der Waals surface area (Å²) in [6, 6.07) is 9.83. The number of benzene rings is 1. The van der Waals surface area contributed by atoms with Crippen LogP contribution in [0.15, 0.2) is 40.3 Å². The fourth-order valence-corrected chi connectivity index (χ4v) is 1.85. The van der Waals surface area contributed by atoms with Crippen molar-refractivity contribution >= 4 is 11.8 Å². The smallest absolute Gasteiger partial charge is 0.214 e. The molecule has 0 spiro atoms. The average Bonchev–Trinajstić information content (AvgIpc) is 2.42. The molecule has 1 aromatic rings. The van der Waals surface area contributed by atoms with E-state index >= 15 is 0 Å². The molecule has 0 bridgehead atoms. The lowest BCUT2D eigenvalue weighted by Crippen LogP contribution is -2.24. The van der Waals surface area contributed by atoms with E-state index in [-0.39, 0.29) is 6.04 Å². The van der Waals surface area contributed by atoms with Crippen LogP contribution in [0.3, 0.4) is 0 Å². The monoisotopic (exact) mass is 246 g/mol. The second-order valence-electron chi connectivity index (χ2n) is 3.86. The Kier molecular flexibility index (Phi) is 4.34. The molecule has 1 aliphatic heterocycles. The molecule has 2 rings (SSSR count). The van der Waals surface area contributed by atoms with Crippen LogP contribution in [-0.2, 0) is 9.47 Å². The SMILES string of the molecule is CCOC1=N[C@@H](c2ccccc2)C(OCC)=NC1. The minimum absolute atomic E-state index is 0.179. The molecule has 18 heavy (non-hydrogen) atoms. The third kappa shape index (κ3) is 2.88. The molecule has 0 saturated carbocycles.